The fraction of sp³-hybridized carbons (Fsp3) is 0.286. The average molecular weight is 459 g/mol. The van der Waals surface area contributed by atoms with Crippen molar-refractivity contribution in [3.63, 3.8) is 0 Å². The highest BCUT2D eigenvalue weighted by atomic mass is 79.9. The summed E-state index contributed by atoms with van der Waals surface area (Å²) in [7, 11) is 3.34. The number of methoxy groups -OCH3 is 1. The summed E-state index contributed by atoms with van der Waals surface area (Å²) in [5.74, 6) is 0.994. The lowest BCUT2D eigenvalue weighted by molar-refractivity contribution is 0.0742. The van der Waals surface area contributed by atoms with Crippen LogP contribution in [0.2, 0.25) is 0 Å². The van der Waals surface area contributed by atoms with Crippen LogP contribution in [0.5, 0.6) is 11.5 Å². The van der Waals surface area contributed by atoms with Crippen molar-refractivity contribution in [3.05, 3.63) is 64.7 Å². The Morgan fingerprint density at radius 2 is 2.00 bits per heavy atom. The summed E-state index contributed by atoms with van der Waals surface area (Å²) in [5.41, 5.74) is 2.44. The van der Waals surface area contributed by atoms with Crippen LogP contribution in [-0.2, 0) is 0 Å². The molecule has 0 radical (unpaired) electrons. The van der Waals surface area contributed by atoms with Gasteiger partial charge in [0.1, 0.15) is 12.7 Å². The van der Waals surface area contributed by atoms with Gasteiger partial charge in [0.05, 0.1) is 29.9 Å². The normalized spacial score (nSPS) is 11.8. The molecule has 0 unspecified atom stereocenters. The SMILES string of the molecule is CCOc1c(Br)cc(C(=O)N(C)[C@@H](C)c2ccc(-n3cncn3)cc2)cc1OC. The van der Waals surface area contributed by atoms with E-state index in [1.165, 1.54) is 6.33 Å². The van der Waals surface area contributed by atoms with Gasteiger partial charge in [-0.3, -0.25) is 4.79 Å². The van der Waals surface area contributed by atoms with E-state index in [0.29, 0.717) is 28.1 Å². The Bertz CT molecular complexity index is 974. The second kappa shape index (κ2) is 9.09. The summed E-state index contributed by atoms with van der Waals surface area (Å²) < 4.78 is 13.4. The molecule has 2 aromatic carbocycles. The molecule has 3 rings (SSSR count). The molecule has 0 aliphatic rings. The molecule has 0 aliphatic carbocycles. The molecule has 0 bridgehead atoms. The number of hydrogen-bond acceptors (Lipinski definition) is 5. The lowest BCUT2D eigenvalue weighted by Crippen LogP contribution is -2.29. The number of aromatic nitrogens is 3. The maximum Gasteiger partial charge on any atom is 0.254 e. The zero-order valence-corrected chi connectivity index (χ0v) is 18.4. The highest BCUT2D eigenvalue weighted by molar-refractivity contribution is 9.10. The molecule has 0 aliphatic heterocycles. The van der Waals surface area contributed by atoms with E-state index in [1.54, 1.807) is 42.2 Å². The maximum atomic E-state index is 13.1. The van der Waals surface area contributed by atoms with Crippen LogP contribution in [-0.4, -0.2) is 46.3 Å². The summed E-state index contributed by atoms with van der Waals surface area (Å²) in [5, 5.41) is 4.12. The van der Waals surface area contributed by atoms with E-state index in [2.05, 4.69) is 26.0 Å². The van der Waals surface area contributed by atoms with Crippen molar-refractivity contribution in [1.29, 1.82) is 0 Å². The number of amides is 1. The third-order valence-electron chi connectivity index (χ3n) is 4.73. The lowest BCUT2D eigenvalue weighted by atomic mass is 10.1. The molecule has 152 valence electrons. The Morgan fingerprint density at radius 3 is 2.59 bits per heavy atom. The van der Waals surface area contributed by atoms with Crippen molar-refractivity contribution in [3.8, 4) is 17.2 Å². The second-order valence-corrected chi connectivity index (χ2v) is 7.30. The lowest BCUT2D eigenvalue weighted by Gasteiger charge is -2.26. The number of nitrogens with zero attached hydrogens (tertiary/aromatic N) is 4. The van der Waals surface area contributed by atoms with Crippen LogP contribution in [0.15, 0.2) is 53.5 Å². The Balaban J connectivity index is 1.81. The van der Waals surface area contributed by atoms with E-state index in [0.717, 1.165) is 11.3 Å². The number of halogens is 1. The van der Waals surface area contributed by atoms with Gasteiger partial charge >= 0.3 is 0 Å². The molecule has 0 saturated heterocycles. The zero-order valence-electron chi connectivity index (χ0n) is 16.8. The molecule has 1 aromatic heterocycles. The highest BCUT2D eigenvalue weighted by Crippen LogP contribution is 2.37. The van der Waals surface area contributed by atoms with Gasteiger partial charge in [0.15, 0.2) is 11.5 Å². The Kier molecular flexibility index (Phi) is 6.53. The molecule has 0 saturated carbocycles. The first-order valence-electron chi connectivity index (χ1n) is 9.18. The van der Waals surface area contributed by atoms with Crippen LogP contribution in [0.1, 0.15) is 35.8 Å². The molecule has 29 heavy (non-hydrogen) atoms. The van der Waals surface area contributed by atoms with Crippen molar-refractivity contribution in [1.82, 2.24) is 19.7 Å². The number of carbonyl (C=O) groups is 1. The van der Waals surface area contributed by atoms with E-state index >= 15 is 0 Å². The van der Waals surface area contributed by atoms with E-state index < -0.39 is 0 Å². The fourth-order valence-electron chi connectivity index (χ4n) is 2.98. The van der Waals surface area contributed by atoms with Gasteiger partial charge in [0, 0.05) is 12.6 Å². The monoisotopic (exact) mass is 458 g/mol. The largest absolute Gasteiger partial charge is 0.493 e. The van der Waals surface area contributed by atoms with Crippen molar-refractivity contribution >= 4 is 21.8 Å². The minimum Gasteiger partial charge on any atom is -0.493 e. The van der Waals surface area contributed by atoms with E-state index in [4.69, 9.17) is 9.47 Å². The van der Waals surface area contributed by atoms with Gasteiger partial charge in [-0.25, -0.2) is 9.67 Å². The first-order valence-corrected chi connectivity index (χ1v) is 9.98. The molecule has 1 atom stereocenters. The van der Waals surface area contributed by atoms with E-state index in [-0.39, 0.29) is 11.9 Å². The molecular formula is C21H23BrN4O3. The summed E-state index contributed by atoms with van der Waals surface area (Å²) in [6.45, 7) is 4.39. The van der Waals surface area contributed by atoms with Crippen molar-refractivity contribution < 1.29 is 14.3 Å². The van der Waals surface area contributed by atoms with Gasteiger partial charge in [-0.1, -0.05) is 12.1 Å². The van der Waals surface area contributed by atoms with Crippen molar-refractivity contribution in [2.75, 3.05) is 20.8 Å². The predicted molar refractivity (Wildman–Crippen MR) is 114 cm³/mol. The van der Waals surface area contributed by atoms with Crippen molar-refractivity contribution in [2.45, 2.75) is 19.9 Å². The van der Waals surface area contributed by atoms with Gasteiger partial charge in [-0.2, -0.15) is 5.10 Å². The summed E-state index contributed by atoms with van der Waals surface area (Å²) in [6.07, 6.45) is 3.14. The van der Waals surface area contributed by atoms with E-state index in [1.807, 2.05) is 38.1 Å². The molecule has 1 amide bonds. The summed E-state index contributed by atoms with van der Waals surface area (Å²) in [4.78, 5) is 18.7. The van der Waals surface area contributed by atoms with Gasteiger partial charge in [0.2, 0.25) is 0 Å². The second-order valence-electron chi connectivity index (χ2n) is 6.45. The third kappa shape index (κ3) is 4.42. The molecule has 0 spiro atoms. The molecule has 3 aromatic rings. The number of carbonyl (C=O) groups excluding carboxylic acids is 1. The van der Waals surface area contributed by atoms with Crippen LogP contribution in [0.4, 0.5) is 0 Å². The standard InChI is InChI=1S/C21H23BrN4O3/c1-5-29-20-18(22)10-16(11-19(20)28-4)21(27)25(3)14(2)15-6-8-17(9-7-15)26-13-23-12-24-26/h6-14H,5H2,1-4H3/t14-/m0/s1. The van der Waals surface area contributed by atoms with Gasteiger partial charge < -0.3 is 14.4 Å². The summed E-state index contributed by atoms with van der Waals surface area (Å²) in [6, 6.07) is 11.2. The molecule has 1 heterocycles. The molecular weight excluding hydrogens is 436 g/mol. The molecule has 7 nitrogen and oxygen atoms in total. The van der Waals surface area contributed by atoms with Gasteiger partial charge in [-0.15, -0.1) is 0 Å². The van der Waals surface area contributed by atoms with Gasteiger partial charge in [0.25, 0.3) is 5.91 Å². The Labute approximate surface area is 178 Å². The molecule has 0 N–H and O–H groups in total. The van der Waals surface area contributed by atoms with Crippen LogP contribution >= 0.6 is 15.9 Å². The fourth-order valence-corrected chi connectivity index (χ4v) is 3.53. The zero-order chi connectivity index (χ0) is 21.0. The predicted octanol–water partition coefficient (Wildman–Crippen LogP) is 4.27. The third-order valence-corrected chi connectivity index (χ3v) is 5.31. The summed E-state index contributed by atoms with van der Waals surface area (Å²) >= 11 is 3.48. The van der Waals surface area contributed by atoms with Crippen LogP contribution in [0.25, 0.3) is 5.69 Å². The minimum atomic E-state index is -0.122. The quantitative estimate of drug-likeness (QED) is 0.528. The molecule has 8 heteroatoms. The Hall–Kier alpha value is -2.87. The first kappa shape index (κ1) is 20.9. The van der Waals surface area contributed by atoms with Gasteiger partial charge in [-0.05, 0) is 59.6 Å². The average Bonchev–Trinajstić information content (AvgIpc) is 3.28. The van der Waals surface area contributed by atoms with Crippen LogP contribution < -0.4 is 9.47 Å². The topological polar surface area (TPSA) is 69.5 Å². The number of rotatable bonds is 7. The Morgan fingerprint density at radius 1 is 1.28 bits per heavy atom. The minimum absolute atomic E-state index is 0.111. The smallest absolute Gasteiger partial charge is 0.254 e. The number of ether oxygens (including phenoxy) is 2. The number of benzene rings is 2. The highest BCUT2D eigenvalue weighted by Gasteiger charge is 2.22. The first-order chi connectivity index (χ1) is 14.0. The molecule has 0 fully saturated rings. The maximum absolute atomic E-state index is 13.1. The van der Waals surface area contributed by atoms with E-state index in [9.17, 15) is 4.79 Å². The van der Waals surface area contributed by atoms with Crippen molar-refractivity contribution in [2.24, 2.45) is 0 Å². The van der Waals surface area contributed by atoms with Crippen LogP contribution in [0, 0.1) is 0 Å². The number of hydrogen-bond donors (Lipinski definition) is 0. The van der Waals surface area contributed by atoms with Crippen LogP contribution in [0.3, 0.4) is 0 Å².